The molecule has 27 heavy (non-hydrogen) atoms. The van der Waals surface area contributed by atoms with Crippen LogP contribution in [0, 0.1) is 17.0 Å². The summed E-state index contributed by atoms with van der Waals surface area (Å²) >= 11 is 0. The molecule has 1 heterocycles. The molecule has 0 saturated carbocycles. The van der Waals surface area contributed by atoms with E-state index in [2.05, 4.69) is 0 Å². The smallest absolute Gasteiger partial charge is 0.270 e. The maximum atomic E-state index is 12.8. The van der Waals surface area contributed by atoms with E-state index in [9.17, 15) is 14.9 Å². The molecule has 0 bridgehead atoms. The van der Waals surface area contributed by atoms with Gasteiger partial charge < -0.3 is 9.32 Å². The number of non-ortho nitro benzene ring substituents is 1. The Morgan fingerprint density at radius 3 is 2.59 bits per heavy atom. The third-order valence-corrected chi connectivity index (χ3v) is 4.01. The maximum absolute atomic E-state index is 12.8. The average Bonchev–Trinajstić information content (AvgIpc) is 3.18. The molecule has 2 aromatic carbocycles. The van der Waals surface area contributed by atoms with E-state index in [1.54, 1.807) is 41.5 Å². The Labute approximate surface area is 156 Å². The number of anilines is 1. The number of amides is 1. The van der Waals surface area contributed by atoms with Crippen molar-refractivity contribution in [3.05, 3.63) is 100 Å². The molecule has 3 aromatic rings. The summed E-state index contributed by atoms with van der Waals surface area (Å²) in [4.78, 5) is 24.8. The molecular weight excluding hydrogens is 344 g/mol. The van der Waals surface area contributed by atoms with Gasteiger partial charge in [-0.2, -0.15) is 0 Å². The molecule has 0 aliphatic heterocycles. The molecule has 0 unspecified atom stereocenters. The summed E-state index contributed by atoms with van der Waals surface area (Å²) in [5.41, 5.74) is 2.40. The summed E-state index contributed by atoms with van der Waals surface area (Å²) in [6.45, 7) is 2.26. The molecule has 6 heteroatoms. The van der Waals surface area contributed by atoms with E-state index in [0.29, 0.717) is 11.3 Å². The van der Waals surface area contributed by atoms with Crippen molar-refractivity contribution in [2.75, 3.05) is 4.90 Å². The van der Waals surface area contributed by atoms with E-state index in [1.165, 1.54) is 18.2 Å². The van der Waals surface area contributed by atoms with Gasteiger partial charge in [-0.05, 0) is 42.8 Å². The van der Waals surface area contributed by atoms with Gasteiger partial charge in [0, 0.05) is 23.9 Å². The van der Waals surface area contributed by atoms with Gasteiger partial charge in [-0.1, -0.05) is 29.8 Å². The number of benzene rings is 2. The molecular formula is C21H18N2O4. The van der Waals surface area contributed by atoms with Crippen LogP contribution in [0.3, 0.4) is 0 Å². The molecule has 1 aromatic heterocycles. The number of carbonyl (C=O) groups excluding carboxylic acids is 1. The van der Waals surface area contributed by atoms with E-state index in [0.717, 1.165) is 11.3 Å². The van der Waals surface area contributed by atoms with Crippen LogP contribution in [0.15, 0.2) is 77.4 Å². The van der Waals surface area contributed by atoms with Crippen molar-refractivity contribution in [2.24, 2.45) is 0 Å². The number of nitrogens with zero attached hydrogens (tertiary/aromatic N) is 2. The largest absolute Gasteiger partial charge is 0.467 e. The van der Waals surface area contributed by atoms with Gasteiger partial charge in [-0.3, -0.25) is 14.9 Å². The minimum atomic E-state index is -0.464. The van der Waals surface area contributed by atoms with Crippen molar-refractivity contribution in [3.8, 4) is 0 Å². The van der Waals surface area contributed by atoms with Gasteiger partial charge in [-0.15, -0.1) is 0 Å². The van der Waals surface area contributed by atoms with Crippen molar-refractivity contribution in [1.82, 2.24) is 0 Å². The molecule has 0 spiro atoms. The Morgan fingerprint density at radius 1 is 1.15 bits per heavy atom. The molecule has 1 amide bonds. The van der Waals surface area contributed by atoms with Gasteiger partial charge in [0.1, 0.15) is 5.76 Å². The molecule has 0 N–H and O–H groups in total. The summed E-state index contributed by atoms with van der Waals surface area (Å²) in [6.07, 6.45) is 4.53. The predicted octanol–water partition coefficient (Wildman–Crippen LogP) is 4.74. The second-order valence-corrected chi connectivity index (χ2v) is 6.02. The number of furan rings is 1. The highest BCUT2D eigenvalue weighted by atomic mass is 16.6. The van der Waals surface area contributed by atoms with Crippen LogP contribution in [0.25, 0.3) is 6.08 Å². The lowest BCUT2D eigenvalue weighted by atomic mass is 10.1. The molecule has 0 fully saturated rings. The average molecular weight is 362 g/mol. The quantitative estimate of drug-likeness (QED) is 0.360. The number of hydrogen-bond donors (Lipinski definition) is 0. The van der Waals surface area contributed by atoms with E-state index >= 15 is 0 Å². The lowest BCUT2D eigenvalue weighted by Crippen LogP contribution is -2.28. The highest BCUT2D eigenvalue weighted by Gasteiger charge is 2.15. The third kappa shape index (κ3) is 4.70. The molecule has 0 aliphatic carbocycles. The Kier molecular flexibility index (Phi) is 5.47. The van der Waals surface area contributed by atoms with Crippen LogP contribution in [0.4, 0.5) is 11.4 Å². The topological polar surface area (TPSA) is 76.6 Å². The Balaban J connectivity index is 1.85. The number of rotatable bonds is 6. The monoisotopic (exact) mass is 362 g/mol. The first kappa shape index (κ1) is 18.1. The normalized spacial score (nSPS) is 10.9. The minimum Gasteiger partial charge on any atom is -0.467 e. The fraction of sp³-hybridized carbons (Fsp3) is 0.0952. The lowest BCUT2D eigenvalue weighted by Gasteiger charge is -2.20. The first-order chi connectivity index (χ1) is 13.0. The fourth-order valence-electron chi connectivity index (χ4n) is 2.58. The van der Waals surface area contributed by atoms with Gasteiger partial charge in [0.25, 0.3) is 11.6 Å². The Morgan fingerprint density at radius 2 is 1.93 bits per heavy atom. The van der Waals surface area contributed by atoms with Crippen molar-refractivity contribution < 1.29 is 14.1 Å². The molecule has 0 saturated heterocycles. The first-order valence-corrected chi connectivity index (χ1v) is 8.36. The van der Waals surface area contributed by atoms with Crippen LogP contribution in [-0.2, 0) is 11.3 Å². The minimum absolute atomic E-state index is 0.0180. The molecule has 0 aliphatic rings. The van der Waals surface area contributed by atoms with Gasteiger partial charge in [-0.25, -0.2) is 0 Å². The molecule has 3 rings (SSSR count). The van der Waals surface area contributed by atoms with Crippen LogP contribution in [0.1, 0.15) is 16.9 Å². The van der Waals surface area contributed by atoms with E-state index < -0.39 is 4.92 Å². The molecule has 0 atom stereocenters. The van der Waals surface area contributed by atoms with Crippen LogP contribution >= 0.6 is 0 Å². The molecule has 136 valence electrons. The van der Waals surface area contributed by atoms with Crippen molar-refractivity contribution >= 4 is 23.4 Å². The first-order valence-electron chi connectivity index (χ1n) is 8.36. The zero-order valence-electron chi connectivity index (χ0n) is 14.7. The van der Waals surface area contributed by atoms with Gasteiger partial charge in [0.05, 0.1) is 17.7 Å². The van der Waals surface area contributed by atoms with Crippen LogP contribution in [-0.4, -0.2) is 10.8 Å². The molecule has 6 nitrogen and oxygen atoms in total. The van der Waals surface area contributed by atoms with Gasteiger partial charge >= 0.3 is 0 Å². The third-order valence-electron chi connectivity index (χ3n) is 4.01. The fourth-order valence-corrected chi connectivity index (χ4v) is 2.58. The highest BCUT2D eigenvalue weighted by Crippen LogP contribution is 2.20. The number of nitro benzene ring substituents is 1. The standard InChI is InChI=1S/C21H18N2O4/c1-16-7-10-18(11-8-16)22(15-20-6-3-13-27-20)21(24)12-9-17-4-2-5-19(14-17)23(25)26/h2-14H,15H2,1H3/b12-9+. The Bertz CT molecular complexity index is 960. The lowest BCUT2D eigenvalue weighted by molar-refractivity contribution is -0.384. The van der Waals surface area contributed by atoms with E-state index in [1.807, 2.05) is 31.2 Å². The number of aryl methyl sites for hydroxylation is 1. The summed E-state index contributed by atoms with van der Waals surface area (Å²) in [7, 11) is 0. The van der Waals surface area contributed by atoms with E-state index in [-0.39, 0.29) is 18.1 Å². The highest BCUT2D eigenvalue weighted by molar-refractivity contribution is 6.03. The summed E-state index contributed by atoms with van der Waals surface area (Å²) in [5, 5.41) is 10.9. The SMILES string of the molecule is Cc1ccc(N(Cc2ccco2)C(=O)/C=C/c2cccc([N+](=O)[O-])c2)cc1. The predicted molar refractivity (Wildman–Crippen MR) is 103 cm³/mol. The second kappa shape index (κ2) is 8.14. The maximum Gasteiger partial charge on any atom is 0.270 e. The molecule has 0 radical (unpaired) electrons. The van der Waals surface area contributed by atoms with Crippen molar-refractivity contribution in [1.29, 1.82) is 0 Å². The Hall–Kier alpha value is -3.67. The summed E-state index contributed by atoms with van der Waals surface area (Å²) in [5.74, 6) is 0.412. The zero-order valence-corrected chi connectivity index (χ0v) is 14.7. The summed E-state index contributed by atoms with van der Waals surface area (Å²) in [6, 6.07) is 17.3. The van der Waals surface area contributed by atoms with Crippen molar-refractivity contribution in [2.45, 2.75) is 13.5 Å². The van der Waals surface area contributed by atoms with Gasteiger partial charge in [0.2, 0.25) is 0 Å². The second-order valence-electron chi connectivity index (χ2n) is 6.02. The number of carbonyl (C=O) groups is 1. The van der Waals surface area contributed by atoms with Gasteiger partial charge in [0.15, 0.2) is 0 Å². The van der Waals surface area contributed by atoms with Crippen LogP contribution in [0.2, 0.25) is 0 Å². The van der Waals surface area contributed by atoms with Crippen LogP contribution < -0.4 is 4.90 Å². The van der Waals surface area contributed by atoms with Crippen molar-refractivity contribution in [3.63, 3.8) is 0 Å². The van der Waals surface area contributed by atoms with E-state index in [4.69, 9.17) is 4.42 Å². The number of hydrogen-bond acceptors (Lipinski definition) is 4. The van der Waals surface area contributed by atoms with Crippen LogP contribution in [0.5, 0.6) is 0 Å². The zero-order chi connectivity index (χ0) is 19.2. The summed E-state index contributed by atoms with van der Waals surface area (Å²) < 4.78 is 5.37. The number of nitro groups is 1.